The number of para-hydroxylation sites is 1. The number of hydrogen-bond acceptors (Lipinski definition) is 3. The molecule has 0 unspecified atom stereocenters. The van der Waals surface area contributed by atoms with E-state index in [0.29, 0.717) is 0 Å². The Kier molecular flexibility index (Phi) is 6.76. The number of carbonyl (C=O) groups is 1. The highest BCUT2D eigenvalue weighted by Gasteiger charge is 2.33. The van der Waals surface area contributed by atoms with Gasteiger partial charge in [-0.2, -0.15) is 13.2 Å². The largest absolute Gasteiger partial charge is 0.418 e. The zero-order valence-electron chi connectivity index (χ0n) is 16.3. The van der Waals surface area contributed by atoms with Crippen molar-refractivity contribution in [1.82, 2.24) is 15.1 Å². The van der Waals surface area contributed by atoms with Crippen molar-refractivity contribution >= 4 is 11.7 Å². The van der Waals surface area contributed by atoms with E-state index in [1.54, 1.807) is 0 Å². The van der Waals surface area contributed by atoms with Crippen LogP contribution in [0.5, 0.6) is 0 Å². The molecule has 0 aliphatic carbocycles. The minimum atomic E-state index is -4.52. The number of rotatable bonds is 5. The highest BCUT2D eigenvalue weighted by molar-refractivity contribution is 5.90. The van der Waals surface area contributed by atoms with Crippen LogP contribution in [0.15, 0.2) is 48.5 Å². The lowest BCUT2D eigenvalue weighted by Gasteiger charge is -2.32. The average molecular weight is 406 g/mol. The molecule has 2 aromatic carbocycles. The summed E-state index contributed by atoms with van der Waals surface area (Å²) in [5.41, 5.74) is 0.941. The molecule has 3 rings (SSSR count). The molecule has 1 fully saturated rings. The van der Waals surface area contributed by atoms with Gasteiger partial charge in [0.2, 0.25) is 0 Å². The molecule has 2 N–H and O–H groups in total. The molecule has 2 aromatic rings. The number of likely N-dealkylation sites (N-methyl/N-ethyl adjacent to an activating group) is 1. The quantitative estimate of drug-likeness (QED) is 0.795. The number of piperazine rings is 1. The van der Waals surface area contributed by atoms with E-state index in [2.05, 4.69) is 27.5 Å². The molecule has 1 saturated heterocycles. The van der Waals surface area contributed by atoms with Crippen LogP contribution in [0.3, 0.4) is 0 Å². The summed E-state index contributed by atoms with van der Waals surface area (Å²) in [6.45, 7) is 5.33. The molecule has 1 aliphatic rings. The van der Waals surface area contributed by atoms with E-state index in [1.165, 1.54) is 23.8 Å². The lowest BCUT2D eigenvalue weighted by Crippen LogP contribution is -2.43. The van der Waals surface area contributed by atoms with Gasteiger partial charge in [-0.3, -0.25) is 4.90 Å². The summed E-state index contributed by atoms with van der Waals surface area (Å²) < 4.78 is 39.0. The number of benzene rings is 2. The van der Waals surface area contributed by atoms with Gasteiger partial charge in [0.25, 0.3) is 0 Å². The Hall–Kier alpha value is -2.58. The van der Waals surface area contributed by atoms with E-state index in [0.717, 1.165) is 44.4 Å². The van der Waals surface area contributed by atoms with Crippen molar-refractivity contribution in [2.24, 2.45) is 0 Å². The molecule has 5 nitrogen and oxygen atoms in total. The van der Waals surface area contributed by atoms with Crippen molar-refractivity contribution in [3.05, 3.63) is 65.2 Å². The number of hydrogen-bond donors (Lipinski definition) is 2. The average Bonchev–Trinajstić information content (AvgIpc) is 2.69. The third kappa shape index (κ3) is 6.20. The zero-order valence-corrected chi connectivity index (χ0v) is 16.3. The van der Waals surface area contributed by atoms with E-state index in [1.807, 2.05) is 24.3 Å². The van der Waals surface area contributed by atoms with E-state index < -0.39 is 17.8 Å². The summed E-state index contributed by atoms with van der Waals surface area (Å²) in [5, 5.41) is 4.87. The Morgan fingerprint density at radius 2 is 1.59 bits per heavy atom. The van der Waals surface area contributed by atoms with Gasteiger partial charge in [0.15, 0.2) is 0 Å². The monoisotopic (exact) mass is 406 g/mol. The van der Waals surface area contributed by atoms with Crippen LogP contribution >= 0.6 is 0 Å². The number of urea groups is 1. The first kappa shape index (κ1) is 21.1. The van der Waals surface area contributed by atoms with Crippen LogP contribution in [0.2, 0.25) is 0 Å². The number of alkyl halides is 3. The van der Waals surface area contributed by atoms with Gasteiger partial charge in [-0.25, -0.2) is 4.79 Å². The maximum absolute atomic E-state index is 13.0. The fourth-order valence-corrected chi connectivity index (χ4v) is 3.21. The lowest BCUT2D eigenvalue weighted by molar-refractivity contribution is -0.136. The van der Waals surface area contributed by atoms with Crippen LogP contribution in [-0.4, -0.2) is 49.1 Å². The zero-order chi connectivity index (χ0) is 20.9. The number of amides is 2. The Morgan fingerprint density at radius 3 is 2.24 bits per heavy atom. The summed E-state index contributed by atoms with van der Waals surface area (Å²) in [7, 11) is 2.12. The predicted molar refractivity (Wildman–Crippen MR) is 107 cm³/mol. The van der Waals surface area contributed by atoms with Gasteiger partial charge in [-0.15, -0.1) is 0 Å². The number of nitrogens with zero attached hydrogens (tertiary/aromatic N) is 2. The van der Waals surface area contributed by atoms with E-state index in [4.69, 9.17) is 0 Å². The maximum Gasteiger partial charge on any atom is 0.418 e. The molecule has 2 amide bonds. The van der Waals surface area contributed by atoms with Crippen molar-refractivity contribution < 1.29 is 18.0 Å². The molecular weight excluding hydrogens is 381 g/mol. The van der Waals surface area contributed by atoms with Crippen molar-refractivity contribution in [1.29, 1.82) is 0 Å². The molecule has 29 heavy (non-hydrogen) atoms. The molecule has 0 atom stereocenters. The molecule has 156 valence electrons. The second-order valence-electron chi connectivity index (χ2n) is 7.25. The van der Waals surface area contributed by atoms with Crippen molar-refractivity contribution in [3.63, 3.8) is 0 Å². The minimum Gasteiger partial charge on any atom is -0.334 e. The summed E-state index contributed by atoms with van der Waals surface area (Å²) in [6.07, 6.45) is -4.52. The molecule has 0 spiro atoms. The third-order valence-corrected chi connectivity index (χ3v) is 4.96. The van der Waals surface area contributed by atoms with Gasteiger partial charge in [0.1, 0.15) is 0 Å². The fraction of sp³-hybridized carbons (Fsp3) is 0.381. The SMILES string of the molecule is CN1CCN(Cc2ccc(CNC(=O)Nc3ccccc3C(F)(F)F)cc2)CC1. The molecule has 0 aromatic heterocycles. The van der Waals surface area contributed by atoms with Gasteiger partial charge in [-0.05, 0) is 30.3 Å². The summed E-state index contributed by atoms with van der Waals surface area (Å²) >= 11 is 0. The van der Waals surface area contributed by atoms with Crippen LogP contribution in [0.4, 0.5) is 23.7 Å². The molecular formula is C21H25F3N4O. The first-order valence-electron chi connectivity index (χ1n) is 9.51. The van der Waals surface area contributed by atoms with Gasteiger partial charge < -0.3 is 15.5 Å². The van der Waals surface area contributed by atoms with E-state index in [-0.39, 0.29) is 12.2 Å². The second-order valence-corrected chi connectivity index (χ2v) is 7.25. The minimum absolute atomic E-state index is 0.231. The summed E-state index contributed by atoms with van der Waals surface area (Å²) in [5.74, 6) is 0. The Balaban J connectivity index is 1.50. The van der Waals surface area contributed by atoms with Gasteiger partial charge in [-0.1, -0.05) is 36.4 Å². The second kappa shape index (κ2) is 9.28. The third-order valence-electron chi connectivity index (χ3n) is 4.96. The first-order valence-corrected chi connectivity index (χ1v) is 9.51. The maximum atomic E-state index is 13.0. The standard InChI is InChI=1S/C21H25F3N4O/c1-27-10-12-28(13-11-27)15-17-8-6-16(7-9-17)14-25-20(29)26-19-5-3-2-4-18(19)21(22,23)24/h2-9H,10-15H2,1H3,(H2,25,26,29). The summed E-state index contributed by atoms with van der Waals surface area (Å²) in [4.78, 5) is 16.7. The van der Waals surface area contributed by atoms with Crippen LogP contribution in [0.1, 0.15) is 16.7 Å². The van der Waals surface area contributed by atoms with Gasteiger partial charge in [0, 0.05) is 39.3 Å². The topological polar surface area (TPSA) is 47.6 Å². The normalized spacial score (nSPS) is 15.9. The molecule has 0 saturated carbocycles. The molecule has 8 heteroatoms. The molecule has 1 aliphatic heterocycles. The fourth-order valence-electron chi connectivity index (χ4n) is 3.21. The molecule has 0 bridgehead atoms. The van der Waals surface area contributed by atoms with E-state index >= 15 is 0 Å². The molecule has 1 heterocycles. The Bertz CT molecular complexity index is 815. The highest BCUT2D eigenvalue weighted by atomic mass is 19.4. The molecule has 0 radical (unpaired) electrons. The number of halogens is 3. The predicted octanol–water partition coefficient (Wildman–Crippen LogP) is 3.77. The number of anilines is 1. The van der Waals surface area contributed by atoms with Gasteiger partial charge in [0.05, 0.1) is 11.3 Å². The van der Waals surface area contributed by atoms with Crippen molar-refractivity contribution in [2.45, 2.75) is 19.3 Å². The van der Waals surface area contributed by atoms with Crippen LogP contribution in [0.25, 0.3) is 0 Å². The number of carbonyl (C=O) groups excluding carboxylic acids is 1. The Morgan fingerprint density at radius 1 is 0.966 bits per heavy atom. The van der Waals surface area contributed by atoms with Crippen LogP contribution in [0, 0.1) is 0 Å². The van der Waals surface area contributed by atoms with Crippen molar-refractivity contribution in [3.8, 4) is 0 Å². The van der Waals surface area contributed by atoms with E-state index in [9.17, 15) is 18.0 Å². The highest BCUT2D eigenvalue weighted by Crippen LogP contribution is 2.34. The first-order chi connectivity index (χ1) is 13.8. The Labute approximate surface area is 168 Å². The van der Waals surface area contributed by atoms with Crippen LogP contribution in [-0.2, 0) is 19.3 Å². The lowest BCUT2D eigenvalue weighted by atomic mass is 10.1. The van der Waals surface area contributed by atoms with Crippen LogP contribution < -0.4 is 10.6 Å². The van der Waals surface area contributed by atoms with Crippen molar-refractivity contribution in [2.75, 3.05) is 38.5 Å². The smallest absolute Gasteiger partial charge is 0.334 e. The van der Waals surface area contributed by atoms with Gasteiger partial charge >= 0.3 is 12.2 Å². The summed E-state index contributed by atoms with van der Waals surface area (Å²) in [6, 6.07) is 12.1. The number of nitrogens with one attached hydrogen (secondary N) is 2.